The predicted molar refractivity (Wildman–Crippen MR) is 84.2 cm³/mol. The molecule has 0 bridgehead atoms. The van der Waals surface area contributed by atoms with Gasteiger partial charge in [-0.3, -0.25) is 14.5 Å². The number of hydrogen-bond acceptors (Lipinski definition) is 3. The molecular formula is C17H20F3N3O2. The molecule has 2 fully saturated rings. The number of fused-ring (bicyclic) bond motifs is 1. The summed E-state index contributed by atoms with van der Waals surface area (Å²) in [6.45, 7) is 3.07. The molecule has 0 spiro atoms. The van der Waals surface area contributed by atoms with Crippen molar-refractivity contribution >= 4 is 11.8 Å². The molecule has 2 atom stereocenters. The van der Waals surface area contributed by atoms with Crippen molar-refractivity contribution in [2.75, 3.05) is 20.1 Å². The van der Waals surface area contributed by atoms with Crippen molar-refractivity contribution in [3.05, 3.63) is 35.4 Å². The Morgan fingerprint density at radius 3 is 2.40 bits per heavy atom. The van der Waals surface area contributed by atoms with Gasteiger partial charge in [-0.1, -0.05) is 12.1 Å². The third kappa shape index (κ3) is 3.35. The molecule has 2 aliphatic heterocycles. The molecule has 2 amide bonds. The van der Waals surface area contributed by atoms with Gasteiger partial charge in [0.2, 0.25) is 11.8 Å². The number of piperazine rings is 1. The molecule has 3 rings (SSSR count). The quantitative estimate of drug-likeness (QED) is 0.814. The smallest absolute Gasteiger partial charge is 0.341 e. The van der Waals surface area contributed by atoms with Crippen molar-refractivity contribution < 1.29 is 22.8 Å². The molecule has 25 heavy (non-hydrogen) atoms. The third-order valence-electron chi connectivity index (χ3n) is 4.90. The van der Waals surface area contributed by atoms with Gasteiger partial charge in [0.25, 0.3) is 0 Å². The number of carbonyl (C=O) groups is 2. The van der Waals surface area contributed by atoms with Crippen molar-refractivity contribution in [2.45, 2.75) is 38.3 Å². The molecule has 2 saturated heterocycles. The summed E-state index contributed by atoms with van der Waals surface area (Å²) in [4.78, 5) is 29.6. The number of carbonyl (C=O) groups excluding carboxylic acids is 2. The maximum Gasteiger partial charge on any atom is 0.416 e. The molecular weight excluding hydrogens is 335 g/mol. The van der Waals surface area contributed by atoms with Gasteiger partial charge in [-0.15, -0.1) is 0 Å². The summed E-state index contributed by atoms with van der Waals surface area (Å²) in [6.07, 6.45) is -4.30. The van der Waals surface area contributed by atoms with Gasteiger partial charge in [-0.25, -0.2) is 0 Å². The van der Waals surface area contributed by atoms with Crippen LogP contribution in [-0.2, 0) is 22.3 Å². The van der Waals surface area contributed by atoms with Crippen molar-refractivity contribution in [2.24, 2.45) is 0 Å². The van der Waals surface area contributed by atoms with Crippen LogP contribution in [0.5, 0.6) is 0 Å². The number of hydrogen-bond donors (Lipinski definition) is 0. The van der Waals surface area contributed by atoms with Gasteiger partial charge in [-0.05, 0) is 24.6 Å². The molecule has 0 aliphatic carbocycles. The van der Waals surface area contributed by atoms with Gasteiger partial charge in [-0.2, -0.15) is 13.2 Å². The van der Waals surface area contributed by atoms with Crippen LogP contribution in [-0.4, -0.2) is 58.9 Å². The van der Waals surface area contributed by atoms with Crippen LogP contribution < -0.4 is 0 Å². The minimum Gasteiger partial charge on any atom is -0.341 e. The van der Waals surface area contributed by atoms with E-state index in [9.17, 15) is 22.8 Å². The Bertz CT molecular complexity index is 675. The fourth-order valence-corrected chi connectivity index (χ4v) is 3.53. The first kappa shape index (κ1) is 17.7. The largest absolute Gasteiger partial charge is 0.416 e. The van der Waals surface area contributed by atoms with Crippen LogP contribution in [0.1, 0.15) is 24.5 Å². The molecule has 136 valence electrons. The van der Waals surface area contributed by atoms with Gasteiger partial charge < -0.3 is 9.80 Å². The Balaban J connectivity index is 1.78. The number of alkyl halides is 3. The van der Waals surface area contributed by atoms with Crippen molar-refractivity contribution in [3.63, 3.8) is 0 Å². The summed E-state index contributed by atoms with van der Waals surface area (Å²) in [7, 11) is 1.70. The van der Waals surface area contributed by atoms with Crippen LogP contribution in [0, 0.1) is 0 Å². The second kappa shape index (κ2) is 6.33. The van der Waals surface area contributed by atoms with Gasteiger partial charge in [0.1, 0.15) is 12.2 Å². The van der Waals surface area contributed by atoms with Crippen LogP contribution in [0.2, 0.25) is 0 Å². The first-order valence-electron chi connectivity index (χ1n) is 8.15. The molecule has 0 radical (unpaired) electrons. The first-order valence-corrected chi connectivity index (χ1v) is 8.15. The standard InChI is InChI=1S/C17H20F3N3O2/c1-11-16(25)21(2)10-14-22(8-7-15(24)23(11)14)9-12-3-5-13(6-4-12)17(18,19)20/h3-6,11,14H,7-10H2,1-2H3/t11-,14?/m0/s1. The van der Waals surface area contributed by atoms with E-state index in [1.807, 2.05) is 4.90 Å². The van der Waals surface area contributed by atoms with Crippen LogP contribution in [0.15, 0.2) is 24.3 Å². The second-order valence-electron chi connectivity index (χ2n) is 6.59. The number of nitrogens with zero attached hydrogens (tertiary/aromatic N) is 3. The molecule has 8 heteroatoms. The summed E-state index contributed by atoms with van der Waals surface area (Å²) in [5, 5.41) is 0. The molecule has 0 aromatic heterocycles. The zero-order valence-electron chi connectivity index (χ0n) is 14.1. The van der Waals surface area contributed by atoms with Gasteiger partial charge in [0.15, 0.2) is 0 Å². The third-order valence-corrected chi connectivity index (χ3v) is 4.90. The molecule has 0 saturated carbocycles. The summed E-state index contributed by atoms with van der Waals surface area (Å²) in [5.74, 6) is -0.149. The summed E-state index contributed by atoms with van der Waals surface area (Å²) < 4.78 is 38.0. The lowest BCUT2D eigenvalue weighted by Gasteiger charge is -2.51. The Labute approximate surface area is 144 Å². The van der Waals surface area contributed by atoms with E-state index in [0.29, 0.717) is 26.1 Å². The SMILES string of the molecule is C[C@H]1C(=O)N(C)CC2N(Cc3ccc(C(F)(F)F)cc3)CCC(=O)N21. The molecule has 1 unspecified atom stereocenters. The average Bonchev–Trinajstić information content (AvgIpc) is 2.55. The van der Waals surface area contributed by atoms with E-state index in [4.69, 9.17) is 0 Å². The van der Waals surface area contributed by atoms with E-state index in [1.54, 1.807) is 23.8 Å². The highest BCUT2D eigenvalue weighted by Gasteiger charge is 2.44. The van der Waals surface area contributed by atoms with E-state index < -0.39 is 17.8 Å². The van der Waals surface area contributed by atoms with E-state index in [1.165, 1.54) is 12.1 Å². The highest BCUT2D eigenvalue weighted by Crippen LogP contribution is 2.30. The number of halogens is 3. The van der Waals surface area contributed by atoms with Crippen LogP contribution in [0.25, 0.3) is 0 Å². The molecule has 0 N–H and O–H groups in total. The number of benzene rings is 1. The molecule has 1 aromatic carbocycles. The Morgan fingerprint density at radius 2 is 1.80 bits per heavy atom. The van der Waals surface area contributed by atoms with Crippen LogP contribution in [0.3, 0.4) is 0 Å². The van der Waals surface area contributed by atoms with E-state index in [-0.39, 0.29) is 18.0 Å². The molecule has 5 nitrogen and oxygen atoms in total. The van der Waals surface area contributed by atoms with E-state index in [0.717, 1.165) is 17.7 Å². The maximum absolute atomic E-state index is 12.7. The van der Waals surface area contributed by atoms with Gasteiger partial charge >= 0.3 is 6.18 Å². The first-order chi connectivity index (χ1) is 11.7. The van der Waals surface area contributed by atoms with E-state index in [2.05, 4.69) is 0 Å². The van der Waals surface area contributed by atoms with Crippen molar-refractivity contribution in [1.29, 1.82) is 0 Å². The second-order valence-corrected chi connectivity index (χ2v) is 6.59. The zero-order chi connectivity index (χ0) is 18.4. The molecule has 1 aromatic rings. The fraction of sp³-hybridized carbons (Fsp3) is 0.529. The van der Waals surface area contributed by atoms with Gasteiger partial charge in [0, 0.05) is 26.6 Å². The monoisotopic (exact) mass is 355 g/mol. The zero-order valence-corrected chi connectivity index (χ0v) is 14.1. The highest BCUT2D eigenvalue weighted by molar-refractivity contribution is 5.89. The lowest BCUT2D eigenvalue weighted by molar-refractivity contribution is -0.167. The summed E-state index contributed by atoms with van der Waals surface area (Å²) >= 11 is 0. The number of rotatable bonds is 2. The fourth-order valence-electron chi connectivity index (χ4n) is 3.53. The molecule has 2 aliphatic rings. The topological polar surface area (TPSA) is 43.9 Å². The van der Waals surface area contributed by atoms with Crippen LogP contribution in [0.4, 0.5) is 13.2 Å². The predicted octanol–water partition coefficient (Wildman–Crippen LogP) is 1.93. The lowest BCUT2D eigenvalue weighted by Crippen LogP contribution is -2.69. The summed E-state index contributed by atoms with van der Waals surface area (Å²) in [6, 6.07) is 4.55. The minimum atomic E-state index is -4.35. The maximum atomic E-state index is 12.7. The van der Waals surface area contributed by atoms with Crippen molar-refractivity contribution in [3.8, 4) is 0 Å². The average molecular weight is 355 g/mol. The van der Waals surface area contributed by atoms with Gasteiger partial charge in [0.05, 0.1) is 12.1 Å². The Morgan fingerprint density at radius 1 is 1.16 bits per heavy atom. The molecule has 2 heterocycles. The van der Waals surface area contributed by atoms with Crippen molar-refractivity contribution in [1.82, 2.24) is 14.7 Å². The normalized spacial score (nSPS) is 25.3. The Kier molecular flexibility index (Phi) is 4.49. The highest BCUT2D eigenvalue weighted by atomic mass is 19.4. The number of likely N-dealkylation sites (N-methyl/N-ethyl adjacent to an activating group) is 1. The van der Waals surface area contributed by atoms with E-state index >= 15 is 0 Å². The number of amides is 2. The summed E-state index contributed by atoms with van der Waals surface area (Å²) in [5.41, 5.74) is 0.0674. The Hall–Kier alpha value is -2.09. The lowest BCUT2D eigenvalue weighted by atomic mass is 10.0. The van der Waals surface area contributed by atoms with Crippen LogP contribution >= 0.6 is 0 Å². The minimum absolute atomic E-state index is 0.0531.